The second-order valence-corrected chi connectivity index (χ2v) is 3.52. The Labute approximate surface area is 96.3 Å². The van der Waals surface area contributed by atoms with E-state index < -0.39 is 24.9 Å². The molecule has 1 rings (SSSR count). The number of aliphatic hydroxyl groups is 1. The highest BCUT2D eigenvalue weighted by Crippen LogP contribution is 2.21. The third-order valence-electron chi connectivity index (χ3n) is 2.03. The van der Waals surface area contributed by atoms with E-state index in [1.165, 1.54) is 6.07 Å². The summed E-state index contributed by atoms with van der Waals surface area (Å²) >= 11 is 0. The summed E-state index contributed by atoms with van der Waals surface area (Å²) in [5, 5.41) is 11.2. The molecule has 0 spiro atoms. The van der Waals surface area contributed by atoms with E-state index in [2.05, 4.69) is 5.32 Å². The normalized spacial score (nSPS) is 11.3. The Morgan fingerprint density at radius 1 is 1.35 bits per heavy atom. The Kier molecular flexibility index (Phi) is 4.51. The molecule has 94 valence electrons. The van der Waals surface area contributed by atoms with Crippen molar-refractivity contribution in [3.8, 4) is 0 Å². The number of alkyl halides is 3. The zero-order chi connectivity index (χ0) is 12.9. The fourth-order valence-electron chi connectivity index (χ4n) is 1.23. The molecule has 0 aliphatic rings. The number of nitrogens with one attached hydrogen (secondary N) is 1. The lowest BCUT2D eigenvalue weighted by Gasteiger charge is -2.08. The minimum Gasteiger partial charge on any atom is -0.392 e. The molecule has 17 heavy (non-hydrogen) atoms. The molecule has 0 saturated heterocycles. The molecule has 0 aliphatic carbocycles. The maximum atomic E-state index is 11.9. The molecule has 1 aromatic rings. The van der Waals surface area contributed by atoms with E-state index in [0.717, 1.165) is 0 Å². The lowest BCUT2D eigenvalue weighted by molar-refractivity contribution is -0.142. The molecule has 2 N–H and O–H groups in total. The Hall–Kier alpha value is -1.56. The first-order chi connectivity index (χ1) is 7.90. The minimum absolute atomic E-state index is 0.188. The Bertz CT molecular complexity index is 391. The average molecular weight is 247 g/mol. The third-order valence-corrected chi connectivity index (χ3v) is 2.03. The largest absolute Gasteiger partial charge is 0.392 e. The van der Waals surface area contributed by atoms with E-state index in [9.17, 15) is 18.0 Å². The summed E-state index contributed by atoms with van der Waals surface area (Å²) in [6.07, 6.45) is -6.07. The number of rotatable bonds is 4. The van der Waals surface area contributed by atoms with Gasteiger partial charge in [-0.05, 0) is 17.7 Å². The van der Waals surface area contributed by atoms with Crippen molar-refractivity contribution in [2.75, 3.05) is 5.32 Å². The van der Waals surface area contributed by atoms with E-state index in [1.54, 1.807) is 18.2 Å². The van der Waals surface area contributed by atoms with Crippen LogP contribution in [0.15, 0.2) is 24.3 Å². The van der Waals surface area contributed by atoms with Gasteiger partial charge in [0.15, 0.2) is 0 Å². The van der Waals surface area contributed by atoms with Crippen LogP contribution < -0.4 is 5.32 Å². The van der Waals surface area contributed by atoms with Crippen LogP contribution in [0.3, 0.4) is 0 Å². The van der Waals surface area contributed by atoms with Crippen molar-refractivity contribution < 1.29 is 23.1 Å². The molecular formula is C11H12F3NO2. The summed E-state index contributed by atoms with van der Waals surface area (Å²) in [4.78, 5) is 11.2. The molecule has 0 fully saturated rings. The van der Waals surface area contributed by atoms with E-state index in [4.69, 9.17) is 5.11 Å². The van der Waals surface area contributed by atoms with Gasteiger partial charge in [0.1, 0.15) is 0 Å². The number of hydrogen-bond acceptors (Lipinski definition) is 2. The highest BCUT2D eigenvalue weighted by molar-refractivity contribution is 5.90. The first-order valence-corrected chi connectivity index (χ1v) is 4.97. The molecule has 0 unspecified atom stereocenters. The van der Waals surface area contributed by atoms with Crippen molar-refractivity contribution in [3.05, 3.63) is 29.8 Å². The topological polar surface area (TPSA) is 49.3 Å². The van der Waals surface area contributed by atoms with Gasteiger partial charge in [-0.2, -0.15) is 13.2 Å². The van der Waals surface area contributed by atoms with E-state index >= 15 is 0 Å². The van der Waals surface area contributed by atoms with Crippen LogP contribution >= 0.6 is 0 Å². The van der Waals surface area contributed by atoms with Gasteiger partial charge in [-0.1, -0.05) is 12.1 Å². The van der Waals surface area contributed by atoms with Crippen molar-refractivity contribution in [3.63, 3.8) is 0 Å². The summed E-state index contributed by atoms with van der Waals surface area (Å²) in [6, 6.07) is 6.30. The first-order valence-electron chi connectivity index (χ1n) is 4.97. The molecule has 3 nitrogen and oxygen atoms in total. The van der Waals surface area contributed by atoms with Crippen LogP contribution in [0.5, 0.6) is 0 Å². The molecule has 6 heteroatoms. The molecule has 1 amide bonds. The second-order valence-electron chi connectivity index (χ2n) is 3.52. The summed E-state index contributed by atoms with van der Waals surface area (Å²) in [7, 11) is 0. The predicted octanol–water partition coefficient (Wildman–Crippen LogP) is 2.46. The summed E-state index contributed by atoms with van der Waals surface area (Å²) < 4.78 is 35.6. The van der Waals surface area contributed by atoms with Crippen molar-refractivity contribution in [1.82, 2.24) is 0 Å². The van der Waals surface area contributed by atoms with Gasteiger partial charge in [0, 0.05) is 12.1 Å². The van der Waals surface area contributed by atoms with Gasteiger partial charge in [0.2, 0.25) is 5.91 Å². The Balaban J connectivity index is 2.50. The zero-order valence-corrected chi connectivity index (χ0v) is 8.92. The lowest BCUT2D eigenvalue weighted by atomic mass is 10.2. The van der Waals surface area contributed by atoms with Crippen molar-refractivity contribution in [1.29, 1.82) is 0 Å². The predicted molar refractivity (Wildman–Crippen MR) is 56.3 cm³/mol. The highest BCUT2D eigenvalue weighted by Gasteiger charge is 2.27. The summed E-state index contributed by atoms with van der Waals surface area (Å²) in [5.74, 6) is -0.697. The fourth-order valence-corrected chi connectivity index (χ4v) is 1.23. The molecule has 1 aromatic carbocycles. The average Bonchev–Trinajstić information content (AvgIpc) is 2.26. The molecule has 0 aliphatic heterocycles. The van der Waals surface area contributed by atoms with Crippen LogP contribution in [0.1, 0.15) is 18.4 Å². The zero-order valence-electron chi connectivity index (χ0n) is 8.92. The monoisotopic (exact) mass is 247 g/mol. The van der Waals surface area contributed by atoms with Crippen molar-refractivity contribution >= 4 is 11.6 Å². The van der Waals surface area contributed by atoms with Gasteiger partial charge in [-0.15, -0.1) is 0 Å². The standard InChI is InChI=1S/C11H12F3NO2/c12-11(13,14)5-4-10(17)15-9-3-1-2-8(6-9)7-16/h1-3,6,16H,4-5,7H2,(H,15,17). The summed E-state index contributed by atoms with van der Waals surface area (Å²) in [6.45, 7) is -0.188. The smallest absolute Gasteiger partial charge is 0.389 e. The third kappa shape index (κ3) is 5.35. The van der Waals surface area contributed by atoms with Gasteiger partial charge >= 0.3 is 6.18 Å². The van der Waals surface area contributed by atoms with Gasteiger partial charge in [-0.25, -0.2) is 0 Å². The number of amides is 1. The minimum atomic E-state index is -4.33. The van der Waals surface area contributed by atoms with Crippen LogP contribution in [-0.4, -0.2) is 17.2 Å². The molecule has 0 aromatic heterocycles. The van der Waals surface area contributed by atoms with Crippen LogP contribution in [0, 0.1) is 0 Å². The number of carbonyl (C=O) groups is 1. The number of carbonyl (C=O) groups excluding carboxylic acids is 1. The second kappa shape index (κ2) is 5.67. The Morgan fingerprint density at radius 3 is 2.65 bits per heavy atom. The number of benzene rings is 1. The molecule has 0 heterocycles. The van der Waals surface area contributed by atoms with Crippen molar-refractivity contribution in [2.24, 2.45) is 0 Å². The van der Waals surface area contributed by atoms with Crippen LogP contribution in [-0.2, 0) is 11.4 Å². The summed E-state index contributed by atoms with van der Waals surface area (Å²) in [5.41, 5.74) is 0.961. The van der Waals surface area contributed by atoms with Gasteiger partial charge in [0.25, 0.3) is 0 Å². The number of hydrogen-bond donors (Lipinski definition) is 2. The number of halogens is 3. The molecule has 0 atom stereocenters. The van der Waals surface area contributed by atoms with Gasteiger partial charge in [-0.3, -0.25) is 4.79 Å². The first kappa shape index (κ1) is 13.5. The lowest BCUT2D eigenvalue weighted by Crippen LogP contribution is -2.16. The maximum absolute atomic E-state index is 11.9. The molecular weight excluding hydrogens is 235 g/mol. The Morgan fingerprint density at radius 2 is 2.06 bits per heavy atom. The van der Waals surface area contributed by atoms with Gasteiger partial charge < -0.3 is 10.4 Å². The van der Waals surface area contributed by atoms with Crippen LogP contribution in [0.25, 0.3) is 0 Å². The number of anilines is 1. The number of aliphatic hydroxyl groups excluding tert-OH is 1. The highest BCUT2D eigenvalue weighted by atomic mass is 19.4. The molecule has 0 bridgehead atoms. The van der Waals surface area contributed by atoms with Gasteiger partial charge in [0.05, 0.1) is 13.0 Å². The SMILES string of the molecule is O=C(CCC(F)(F)F)Nc1cccc(CO)c1. The molecule has 0 radical (unpaired) electrons. The quantitative estimate of drug-likeness (QED) is 0.858. The maximum Gasteiger partial charge on any atom is 0.389 e. The van der Waals surface area contributed by atoms with E-state index in [1.807, 2.05) is 0 Å². The van der Waals surface area contributed by atoms with E-state index in [-0.39, 0.29) is 6.61 Å². The van der Waals surface area contributed by atoms with Crippen LogP contribution in [0.4, 0.5) is 18.9 Å². The molecule has 0 saturated carbocycles. The fraction of sp³-hybridized carbons (Fsp3) is 0.364. The van der Waals surface area contributed by atoms with Crippen molar-refractivity contribution in [2.45, 2.75) is 25.6 Å². The van der Waals surface area contributed by atoms with Crippen LogP contribution in [0.2, 0.25) is 0 Å². The van der Waals surface area contributed by atoms with E-state index in [0.29, 0.717) is 11.3 Å².